The van der Waals surface area contributed by atoms with Crippen LogP contribution in [-0.4, -0.2) is 43.8 Å². The van der Waals surface area contributed by atoms with Crippen LogP contribution in [0.1, 0.15) is 51.9 Å². The molecule has 2 aliphatic rings. The summed E-state index contributed by atoms with van der Waals surface area (Å²) >= 11 is 0. The molecule has 2 N–H and O–H groups in total. The maximum atomic E-state index is 6.22. The molecule has 112 valence electrons. The maximum Gasteiger partial charge on any atom is 0.0503 e. The van der Waals surface area contributed by atoms with Gasteiger partial charge in [-0.3, -0.25) is 4.90 Å². The van der Waals surface area contributed by atoms with E-state index in [0.29, 0.717) is 5.54 Å². The van der Waals surface area contributed by atoms with Gasteiger partial charge in [-0.1, -0.05) is 26.2 Å². The Balaban J connectivity index is 1.98. The zero-order valence-corrected chi connectivity index (χ0v) is 12.9. The van der Waals surface area contributed by atoms with E-state index < -0.39 is 0 Å². The van der Waals surface area contributed by atoms with Crippen LogP contribution in [0, 0.1) is 11.8 Å². The van der Waals surface area contributed by atoms with Gasteiger partial charge in [-0.15, -0.1) is 0 Å². The predicted octanol–water partition coefficient (Wildman–Crippen LogP) is 2.64. The summed E-state index contributed by atoms with van der Waals surface area (Å²) in [5, 5.41) is 0. The second kappa shape index (κ2) is 7.05. The van der Waals surface area contributed by atoms with Crippen LogP contribution in [0.3, 0.4) is 0 Å². The summed E-state index contributed by atoms with van der Waals surface area (Å²) in [7, 11) is 1.82. The third-order valence-electron chi connectivity index (χ3n) is 5.59. The first-order valence-electron chi connectivity index (χ1n) is 8.18. The summed E-state index contributed by atoms with van der Waals surface area (Å²) in [6, 6.07) is 0. The molecule has 1 aliphatic carbocycles. The highest BCUT2D eigenvalue weighted by molar-refractivity contribution is 4.97. The van der Waals surface area contributed by atoms with Crippen LogP contribution < -0.4 is 5.73 Å². The van der Waals surface area contributed by atoms with Crippen molar-refractivity contribution < 1.29 is 4.74 Å². The minimum absolute atomic E-state index is 0.298. The topological polar surface area (TPSA) is 38.5 Å². The normalized spacial score (nSPS) is 37.4. The van der Waals surface area contributed by atoms with Crippen molar-refractivity contribution in [3.05, 3.63) is 0 Å². The Kier molecular flexibility index (Phi) is 5.67. The molecule has 2 rings (SSSR count). The average molecular weight is 268 g/mol. The lowest BCUT2D eigenvalue weighted by atomic mass is 9.87. The summed E-state index contributed by atoms with van der Waals surface area (Å²) in [5.41, 5.74) is 6.52. The van der Waals surface area contributed by atoms with Gasteiger partial charge in [0.15, 0.2) is 0 Å². The van der Waals surface area contributed by atoms with Gasteiger partial charge in [-0.05, 0) is 44.1 Å². The Hall–Kier alpha value is -0.120. The Labute approximate surface area is 118 Å². The van der Waals surface area contributed by atoms with Crippen molar-refractivity contribution in [3.8, 4) is 0 Å². The van der Waals surface area contributed by atoms with E-state index in [9.17, 15) is 0 Å². The van der Waals surface area contributed by atoms with Crippen molar-refractivity contribution in [1.82, 2.24) is 4.90 Å². The molecule has 1 heterocycles. The summed E-state index contributed by atoms with van der Waals surface area (Å²) in [5.74, 6) is 1.66. The molecule has 0 aromatic rings. The van der Waals surface area contributed by atoms with Crippen LogP contribution in [0.15, 0.2) is 0 Å². The first-order chi connectivity index (χ1) is 9.24. The summed E-state index contributed by atoms with van der Waals surface area (Å²) in [6.45, 7) is 6.51. The highest BCUT2D eigenvalue weighted by Crippen LogP contribution is 2.38. The number of rotatable bonds is 5. The number of ether oxygens (including phenoxy) is 1. The van der Waals surface area contributed by atoms with Gasteiger partial charge in [0, 0.05) is 25.7 Å². The Morgan fingerprint density at radius 2 is 2.05 bits per heavy atom. The second-order valence-corrected chi connectivity index (χ2v) is 6.69. The van der Waals surface area contributed by atoms with E-state index in [0.717, 1.165) is 25.0 Å². The van der Waals surface area contributed by atoms with Crippen molar-refractivity contribution in [3.63, 3.8) is 0 Å². The third-order valence-corrected chi connectivity index (χ3v) is 5.59. The van der Waals surface area contributed by atoms with E-state index in [1.54, 1.807) is 0 Å². The van der Waals surface area contributed by atoms with Crippen molar-refractivity contribution in [1.29, 1.82) is 0 Å². The Morgan fingerprint density at radius 3 is 2.74 bits per heavy atom. The van der Waals surface area contributed by atoms with E-state index >= 15 is 0 Å². The first-order valence-corrected chi connectivity index (χ1v) is 8.18. The standard InChI is InChI=1S/C16H32N2O/c1-3-14-5-4-8-16(13-17,9-6-14)18-10-7-15(11-18)12-19-2/h14-15H,3-13,17H2,1-2H3. The van der Waals surface area contributed by atoms with Crippen LogP contribution in [0.4, 0.5) is 0 Å². The summed E-state index contributed by atoms with van der Waals surface area (Å²) < 4.78 is 5.33. The van der Waals surface area contributed by atoms with Gasteiger partial charge in [0.2, 0.25) is 0 Å². The molecule has 0 bridgehead atoms. The molecule has 19 heavy (non-hydrogen) atoms. The number of likely N-dealkylation sites (tertiary alicyclic amines) is 1. The fourth-order valence-corrected chi connectivity index (χ4v) is 4.15. The molecule has 1 saturated carbocycles. The smallest absolute Gasteiger partial charge is 0.0503 e. The summed E-state index contributed by atoms with van der Waals surface area (Å²) in [6.07, 6.45) is 9.38. The van der Waals surface area contributed by atoms with Gasteiger partial charge >= 0.3 is 0 Å². The zero-order chi connectivity index (χ0) is 13.7. The quantitative estimate of drug-likeness (QED) is 0.779. The van der Waals surface area contributed by atoms with Crippen molar-refractivity contribution in [2.45, 2.75) is 57.4 Å². The molecule has 0 aromatic heterocycles. The molecule has 3 atom stereocenters. The lowest BCUT2D eigenvalue weighted by Crippen LogP contribution is -2.52. The number of hydrogen-bond acceptors (Lipinski definition) is 3. The molecule has 2 fully saturated rings. The minimum Gasteiger partial charge on any atom is -0.384 e. The van der Waals surface area contributed by atoms with E-state index in [1.165, 1.54) is 58.0 Å². The van der Waals surface area contributed by atoms with Crippen LogP contribution in [0.2, 0.25) is 0 Å². The third kappa shape index (κ3) is 3.50. The lowest BCUT2D eigenvalue weighted by molar-refractivity contribution is 0.0885. The second-order valence-electron chi connectivity index (χ2n) is 6.69. The molecule has 3 nitrogen and oxygen atoms in total. The number of methoxy groups -OCH3 is 1. The molecule has 0 amide bonds. The van der Waals surface area contributed by atoms with Gasteiger partial charge in [-0.25, -0.2) is 0 Å². The molecular formula is C16H32N2O. The lowest BCUT2D eigenvalue weighted by Gasteiger charge is -2.41. The largest absolute Gasteiger partial charge is 0.384 e. The van der Waals surface area contributed by atoms with Crippen molar-refractivity contribution in [2.24, 2.45) is 17.6 Å². The minimum atomic E-state index is 0.298. The molecule has 0 spiro atoms. The van der Waals surface area contributed by atoms with Gasteiger partial charge in [-0.2, -0.15) is 0 Å². The fraction of sp³-hybridized carbons (Fsp3) is 1.00. The predicted molar refractivity (Wildman–Crippen MR) is 80.2 cm³/mol. The molecule has 3 unspecified atom stereocenters. The fourth-order valence-electron chi connectivity index (χ4n) is 4.15. The highest BCUT2D eigenvalue weighted by atomic mass is 16.5. The Bertz CT molecular complexity index is 271. The maximum absolute atomic E-state index is 6.22. The SMILES string of the molecule is CCC1CCCC(CN)(N2CCC(COC)C2)CC1. The average Bonchev–Trinajstić information content (AvgIpc) is 2.79. The number of nitrogens with zero attached hydrogens (tertiary/aromatic N) is 1. The van der Waals surface area contributed by atoms with Crippen LogP contribution in [0.5, 0.6) is 0 Å². The first kappa shape index (κ1) is 15.3. The van der Waals surface area contributed by atoms with Crippen LogP contribution >= 0.6 is 0 Å². The van der Waals surface area contributed by atoms with E-state index in [4.69, 9.17) is 10.5 Å². The Morgan fingerprint density at radius 1 is 1.21 bits per heavy atom. The monoisotopic (exact) mass is 268 g/mol. The number of nitrogens with two attached hydrogens (primary N) is 1. The highest BCUT2D eigenvalue weighted by Gasteiger charge is 2.40. The van der Waals surface area contributed by atoms with Crippen molar-refractivity contribution in [2.75, 3.05) is 33.4 Å². The molecular weight excluding hydrogens is 236 g/mol. The van der Waals surface area contributed by atoms with Crippen LogP contribution in [-0.2, 0) is 4.74 Å². The van der Waals surface area contributed by atoms with Gasteiger partial charge < -0.3 is 10.5 Å². The van der Waals surface area contributed by atoms with Gasteiger partial charge in [0.05, 0.1) is 6.61 Å². The van der Waals surface area contributed by atoms with Gasteiger partial charge in [0.25, 0.3) is 0 Å². The summed E-state index contributed by atoms with van der Waals surface area (Å²) in [4.78, 5) is 2.70. The molecule has 1 aliphatic heterocycles. The molecule has 0 radical (unpaired) electrons. The van der Waals surface area contributed by atoms with E-state index in [1.807, 2.05) is 7.11 Å². The molecule has 1 saturated heterocycles. The van der Waals surface area contributed by atoms with E-state index in [2.05, 4.69) is 11.8 Å². The van der Waals surface area contributed by atoms with Gasteiger partial charge in [0.1, 0.15) is 0 Å². The molecule has 3 heteroatoms. The van der Waals surface area contributed by atoms with Crippen molar-refractivity contribution >= 4 is 0 Å². The van der Waals surface area contributed by atoms with E-state index in [-0.39, 0.29) is 0 Å². The zero-order valence-electron chi connectivity index (χ0n) is 12.9. The number of hydrogen-bond donors (Lipinski definition) is 1. The van der Waals surface area contributed by atoms with Crippen LogP contribution in [0.25, 0.3) is 0 Å². The molecule has 0 aromatic carbocycles.